The molecular weight excluding hydrogens is 125 g/mol. The predicted molar refractivity (Wildman–Crippen MR) is 39.8 cm³/mol. The highest BCUT2D eigenvalue weighted by Crippen LogP contribution is 2.30. The second-order valence-electron chi connectivity index (χ2n) is 3.35. The molecule has 54 valence electrons. The summed E-state index contributed by atoms with van der Waals surface area (Å²) in [5, 5.41) is 9.50. The van der Waals surface area contributed by atoms with Crippen molar-refractivity contribution in [1.82, 2.24) is 4.90 Å². The lowest BCUT2D eigenvalue weighted by Gasteiger charge is -2.48. The summed E-state index contributed by atoms with van der Waals surface area (Å²) < 4.78 is 0. The van der Waals surface area contributed by atoms with Crippen molar-refractivity contribution >= 4 is 7.85 Å². The molecule has 0 unspecified atom stereocenters. The van der Waals surface area contributed by atoms with E-state index in [0.717, 1.165) is 25.9 Å². The van der Waals surface area contributed by atoms with E-state index >= 15 is 0 Å². The van der Waals surface area contributed by atoms with Gasteiger partial charge in [-0.2, -0.15) is 0 Å². The van der Waals surface area contributed by atoms with Crippen molar-refractivity contribution in [2.24, 2.45) is 5.92 Å². The lowest BCUT2D eigenvalue weighted by atomic mass is 9.73. The van der Waals surface area contributed by atoms with Crippen LogP contribution in [0.4, 0.5) is 0 Å². The van der Waals surface area contributed by atoms with E-state index in [1.54, 1.807) is 0 Å². The molecule has 3 aliphatic heterocycles. The highest BCUT2D eigenvalue weighted by molar-refractivity contribution is 6.12. The summed E-state index contributed by atoms with van der Waals surface area (Å²) in [7, 11) is 5.74. The van der Waals surface area contributed by atoms with Crippen LogP contribution in [0.5, 0.6) is 0 Å². The Balaban J connectivity index is 2.13. The molecule has 3 saturated heterocycles. The second kappa shape index (κ2) is 2.24. The molecule has 0 aromatic carbocycles. The monoisotopic (exact) mass is 137 g/mol. The first-order valence-corrected chi connectivity index (χ1v) is 3.97. The van der Waals surface area contributed by atoms with Gasteiger partial charge in [0, 0.05) is 0 Å². The van der Waals surface area contributed by atoms with E-state index in [1.807, 2.05) is 0 Å². The molecule has 2 atom stereocenters. The molecule has 0 amide bonds. The zero-order valence-corrected chi connectivity index (χ0v) is 6.03. The number of aliphatic hydroxyl groups excluding tert-OH is 1. The molecule has 3 heteroatoms. The zero-order chi connectivity index (χ0) is 7.14. The van der Waals surface area contributed by atoms with Gasteiger partial charge in [-0.25, -0.2) is 0 Å². The molecule has 3 heterocycles. The molecule has 0 aromatic heterocycles. The summed E-state index contributed by atoms with van der Waals surface area (Å²) in [6.07, 6.45) is 2.01. The average molecular weight is 137 g/mol. The number of fused-ring (bicyclic) bond motifs is 3. The molecule has 3 aliphatic rings. The highest BCUT2D eigenvalue weighted by Gasteiger charge is 2.37. The summed E-state index contributed by atoms with van der Waals surface area (Å²) in [6, 6.07) is 0. The van der Waals surface area contributed by atoms with Crippen LogP contribution in [0.1, 0.15) is 12.8 Å². The van der Waals surface area contributed by atoms with Crippen molar-refractivity contribution in [3.8, 4) is 0 Å². The van der Waals surface area contributed by atoms with Crippen LogP contribution < -0.4 is 0 Å². The van der Waals surface area contributed by atoms with Crippen LogP contribution in [0.2, 0.25) is 0 Å². The Morgan fingerprint density at radius 1 is 1.30 bits per heavy atom. The van der Waals surface area contributed by atoms with Crippen LogP contribution in [0.15, 0.2) is 0 Å². The molecule has 1 N–H and O–H groups in total. The van der Waals surface area contributed by atoms with Crippen molar-refractivity contribution in [2.45, 2.75) is 24.9 Å². The van der Waals surface area contributed by atoms with Crippen LogP contribution in [-0.2, 0) is 0 Å². The maximum absolute atomic E-state index is 9.50. The van der Waals surface area contributed by atoms with Gasteiger partial charge in [-0.05, 0) is 37.8 Å². The van der Waals surface area contributed by atoms with Gasteiger partial charge < -0.3 is 10.0 Å². The first kappa shape index (κ1) is 6.68. The van der Waals surface area contributed by atoms with Crippen LogP contribution >= 0.6 is 0 Å². The largest absolute Gasteiger partial charge is 0.392 e. The van der Waals surface area contributed by atoms with Crippen LogP contribution in [0, 0.1) is 5.92 Å². The van der Waals surface area contributed by atoms with Crippen LogP contribution in [-0.4, -0.2) is 43.0 Å². The summed E-state index contributed by atoms with van der Waals surface area (Å²) in [4.78, 5) is 2.17. The number of hydrogen-bond donors (Lipinski definition) is 1. The number of rotatable bonds is 0. The Morgan fingerprint density at radius 2 is 1.90 bits per heavy atom. The standard InChI is InChI=1S/C7H12BNO/c8-7-6(10)5-1-3-9(7)4-2-5/h5-7,10H,1-4H2/t6-,7+/m1/s1. The number of piperidine rings is 3. The number of aliphatic hydroxyl groups is 1. The van der Waals surface area contributed by atoms with E-state index < -0.39 is 0 Å². The fourth-order valence-electron chi connectivity index (χ4n) is 2.05. The first-order chi connectivity index (χ1) is 4.79. The fourth-order valence-corrected chi connectivity index (χ4v) is 2.05. The van der Waals surface area contributed by atoms with Gasteiger partial charge in [-0.1, -0.05) is 0 Å². The van der Waals surface area contributed by atoms with Crippen molar-refractivity contribution in [3.63, 3.8) is 0 Å². The van der Waals surface area contributed by atoms with Gasteiger partial charge in [0.25, 0.3) is 0 Å². The maximum atomic E-state index is 9.50. The van der Waals surface area contributed by atoms with Gasteiger partial charge in [0.1, 0.15) is 0 Å². The molecule has 0 aliphatic carbocycles. The number of hydrogen-bond acceptors (Lipinski definition) is 2. The van der Waals surface area contributed by atoms with Gasteiger partial charge >= 0.3 is 0 Å². The summed E-state index contributed by atoms with van der Waals surface area (Å²) >= 11 is 0. The van der Waals surface area contributed by atoms with Gasteiger partial charge in [-0.3, -0.25) is 0 Å². The maximum Gasteiger partial charge on any atom is 0.0946 e. The fraction of sp³-hybridized carbons (Fsp3) is 1.00. The summed E-state index contributed by atoms with van der Waals surface area (Å²) in [5.74, 6) is 0.410. The van der Waals surface area contributed by atoms with E-state index in [-0.39, 0.29) is 12.0 Å². The predicted octanol–water partition coefficient (Wildman–Crippen LogP) is -0.433. The minimum absolute atomic E-state index is 0.0764. The Morgan fingerprint density at radius 3 is 2.20 bits per heavy atom. The minimum atomic E-state index is -0.262. The second-order valence-corrected chi connectivity index (χ2v) is 3.35. The van der Waals surface area contributed by atoms with E-state index in [4.69, 9.17) is 7.85 Å². The van der Waals surface area contributed by atoms with Crippen molar-refractivity contribution < 1.29 is 5.11 Å². The van der Waals surface area contributed by atoms with E-state index in [1.165, 1.54) is 0 Å². The third-order valence-corrected chi connectivity index (χ3v) is 2.83. The molecule has 10 heavy (non-hydrogen) atoms. The summed E-state index contributed by atoms with van der Waals surface area (Å²) in [5.41, 5.74) is 0. The molecule has 2 radical (unpaired) electrons. The average Bonchev–Trinajstić information content (AvgIpc) is 2.00. The first-order valence-electron chi connectivity index (χ1n) is 3.97. The van der Waals surface area contributed by atoms with E-state index in [9.17, 15) is 5.11 Å². The Kier molecular flexibility index (Phi) is 1.50. The van der Waals surface area contributed by atoms with Gasteiger partial charge in [0.2, 0.25) is 0 Å². The van der Waals surface area contributed by atoms with Gasteiger partial charge in [0.15, 0.2) is 0 Å². The quantitative estimate of drug-likeness (QED) is 0.458. The Bertz CT molecular complexity index is 114. The molecule has 0 saturated carbocycles. The molecule has 2 bridgehead atoms. The van der Waals surface area contributed by atoms with Gasteiger partial charge in [-0.15, -0.1) is 0 Å². The van der Waals surface area contributed by atoms with Crippen molar-refractivity contribution in [1.29, 1.82) is 0 Å². The van der Waals surface area contributed by atoms with E-state index in [2.05, 4.69) is 4.90 Å². The normalized spacial score (nSPS) is 53.3. The molecule has 0 aromatic rings. The molecular formula is C7H12BNO. The SMILES string of the molecule is [B][C@@H]1[C@H](O)C2CCN1CC2. The summed E-state index contributed by atoms with van der Waals surface area (Å²) in [6.45, 7) is 2.17. The highest BCUT2D eigenvalue weighted by atomic mass is 16.3. The molecule has 0 spiro atoms. The van der Waals surface area contributed by atoms with Crippen molar-refractivity contribution in [2.75, 3.05) is 13.1 Å². The Hall–Kier alpha value is -0.0151. The van der Waals surface area contributed by atoms with Crippen molar-refractivity contribution in [3.05, 3.63) is 0 Å². The molecule has 2 nitrogen and oxygen atoms in total. The van der Waals surface area contributed by atoms with Crippen LogP contribution in [0.3, 0.4) is 0 Å². The topological polar surface area (TPSA) is 23.5 Å². The third kappa shape index (κ3) is 0.806. The molecule has 3 fully saturated rings. The third-order valence-electron chi connectivity index (χ3n) is 2.83. The van der Waals surface area contributed by atoms with Crippen LogP contribution in [0.25, 0.3) is 0 Å². The smallest absolute Gasteiger partial charge is 0.0946 e. The lowest BCUT2D eigenvalue weighted by molar-refractivity contribution is -0.0409. The minimum Gasteiger partial charge on any atom is -0.392 e. The number of nitrogens with zero attached hydrogens (tertiary/aromatic N) is 1. The van der Waals surface area contributed by atoms with Gasteiger partial charge in [0.05, 0.1) is 14.0 Å². The zero-order valence-electron chi connectivity index (χ0n) is 6.03. The molecule has 3 rings (SSSR count). The lowest BCUT2D eigenvalue weighted by Crippen LogP contribution is -2.57. The van der Waals surface area contributed by atoms with E-state index in [0.29, 0.717) is 5.92 Å². The Labute approximate surface area is 62.6 Å².